The lowest BCUT2D eigenvalue weighted by Crippen LogP contribution is -2.19. The van der Waals surface area contributed by atoms with Gasteiger partial charge in [0.15, 0.2) is 0 Å². The van der Waals surface area contributed by atoms with Crippen LogP contribution in [0.2, 0.25) is 0 Å². The first-order chi connectivity index (χ1) is 6.34. The van der Waals surface area contributed by atoms with E-state index in [1.54, 1.807) is 0 Å². The fourth-order valence-electron chi connectivity index (χ4n) is 1.26. The smallest absolute Gasteiger partial charge is 0.0291 e. The number of benzene rings is 1. The fourth-order valence-corrected chi connectivity index (χ4v) is 1.42. The second-order valence-corrected chi connectivity index (χ2v) is 3.61. The quantitative estimate of drug-likeness (QED) is 0.544. The Morgan fingerprint density at radius 1 is 1.31 bits per heavy atom. The van der Waals surface area contributed by atoms with Crippen molar-refractivity contribution < 1.29 is 0 Å². The van der Waals surface area contributed by atoms with E-state index in [4.69, 9.17) is 0 Å². The summed E-state index contributed by atoms with van der Waals surface area (Å²) in [5.74, 6) is 0.953. The van der Waals surface area contributed by atoms with Crippen LogP contribution in [0, 0.1) is 0 Å². The summed E-state index contributed by atoms with van der Waals surface area (Å²) in [6.45, 7) is 3.23. The van der Waals surface area contributed by atoms with Crippen LogP contribution in [0.5, 0.6) is 0 Å². The highest BCUT2D eigenvalue weighted by atomic mass is 32.1. The molecule has 1 N–H and O–H groups in total. The Hall–Kier alpha value is -0.470. The topological polar surface area (TPSA) is 12.0 Å². The third-order valence-corrected chi connectivity index (χ3v) is 2.40. The van der Waals surface area contributed by atoms with Gasteiger partial charge >= 0.3 is 0 Å². The molecule has 0 fully saturated rings. The monoisotopic (exact) mass is 195 g/mol. The molecule has 0 amide bonds. The number of nitrogens with one attached hydrogen (secondary N) is 1. The molecule has 0 saturated heterocycles. The SMILES string of the molecule is CC(NCCCS)c1ccccc1. The molecule has 0 heterocycles. The van der Waals surface area contributed by atoms with Gasteiger partial charge < -0.3 is 5.32 Å². The van der Waals surface area contributed by atoms with Gasteiger partial charge in [0.25, 0.3) is 0 Å². The third kappa shape index (κ3) is 3.83. The average Bonchev–Trinajstić information content (AvgIpc) is 2.19. The highest BCUT2D eigenvalue weighted by Crippen LogP contribution is 2.10. The molecule has 72 valence electrons. The molecule has 0 bridgehead atoms. The van der Waals surface area contributed by atoms with Crippen LogP contribution in [-0.2, 0) is 0 Å². The molecule has 1 aromatic carbocycles. The van der Waals surface area contributed by atoms with Gasteiger partial charge in [-0.3, -0.25) is 0 Å². The van der Waals surface area contributed by atoms with Gasteiger partial charge in [0, 0.05) is 6.04 Å². The van der Waals surface area contributed by atoms with Crippen LogP contribution in [0.15, 0.2) is 30.3 Å². The molecule has 1 aromatic rings. The van der Waals surface area contributed by atoms with Gasteiger partial charge in [-0.15, -0.1) is 0 Å². The maximum Gasteiger partial charge on any atom is 0.0291 e. The number of hydrogen-bond acceptors (Lipinski definition) is 2. The van der Waals surface area contributed by atoms with Gasteiger partial charge in [-0.05, 0) is 31.2 Å². The van der Waals surface area contributed by atoms with Crippen molar-refractivity contribution in [3.63, 3.8) is 0 Å². The summed E-state index contributed by atoms with van der Waals surface area (Å²) >= 11 is 4.17. The summed E-state index contributed by atoms with van der Waals surface area (Å²) in [5, 5.41) is 3.45. The Balaban J connectivity index is 2.35. The molecule has 0 aromatic heterocycles. The summed E-state index contributed by atoms with van der Waals surface area (Å²) in [6, 6.07) is 10.9. The maximum atomic E-state index is 4.17. The Labute approximate surface area is 86.0 Å². The van der Waals surface area contributed by atoms with E-state index in [0.29, 0.717) is 6.04 Å². The Morgan fingerprint density at radius 2 is 2.00 bits per heavy atom. The van der Waals surface area contributed by atoms with Gasteiger partial charge in [0.2, 0.25) is 0 Å². The Bertz CT molecular complexity index is 223. The number of rotatable bonds is 5. The third-order valence-electron chi connectivity index (χ3n) is 2.08. The van der Waals surface area contributed by atoms with E-state index < -0.39 is 0 Å². The number of hydrogen-bond donors (Lipinski definition) is 2. The van der Waals surface area contributed by atoms with Crippen molar-refractivity contribution in [3.8, 4) is 0 Å². The normalized spacial score (nSPS) is 12.8. The molecule has 0 saturated carbocycles. The van der Waals surface area contributed by atoms with E-state index in [-0.39, 0.29) is 0 Å². The van der Waals surface area contributed by atoms with E-state index in [2.05, 4.69) is 49.1 Å². The van der Waals surface area contributed by atoms with Crippen molar-refractivity contribution in [1.29, 1.82) is 0 Å². The zero-order chi connectivity index (χ0) is 9.52. The van der Waals surface area contributed by atoms with Crippen LogP contribution in [-0.4, -0.2) is 12.3 Å². The van der Waals surface area contributed by atoms with Crippen molar-refractivity contribution in [1.82, 2.24) is 5.32 Å². The number of thiol groups is 1. The first-order valence-corrected chi connectivity index (χ1v) is 5.37. The van der Waals surface area contributed by atoms with Gasteiger partial charge in [-0.2, -0.15) is 12.6 Å². The first kappa shape index (κ1) is 10.6. The molecule has 0 spiro atoms. The summed E-state index contributed by atoms with van der Waals surface area (Å²) < 4.78 is 0. The standard InChI is InChI=1S/C11H17NS/c1-10(12-8-5-9-13)11-6-3-2-4-7-11/h2-4,6-7,10,12-13H,5,8-9H2,1H3. The maximum absolute atomic E-state index is 4.17. The first-order valence-electron chi connectivity index (χ1n) is 4.74. The highest BCUT2D eigenvalue weighted by Gasteiger charge is 2.01. The lowest BCUT2D eigenvalue weighted by molar-refractivity contribution is 0.573. The predicted octanol–water partition coefficient (Wildman–Crippen LogP) is 2.66. The molecule has 1 atom stereocenters. The molecule has 0 aliphatic carbocycles. The van der Waals surface area contributed by atoms with Crippen LogP contribution in [0.25, 0.3) is 0 Å². The minimum absolute atomic E-state index is 0.445. The molecule has 2 heteroatoms. The zero-order valence-corrected chi connectivity index (χ0v) is 8.93. The van der Waals surface area contributed by atoms with Crippen molar-refractivity contribution in [2.75, 3.05) is 12.3 Å². The van der Waals surface area contributed by atoms with E-state index in [9.17, 15) is 0 Å². The molecule has 1 nitrogen and oxygen atoms in total. The summed E-state index contributed by atoms with van der Waals surface area (Å²) in [4.78, 5) is 0. The van der Waals surface area contributed by atoms with Crippen LogP contribution in [0.4, 0.5) is 0 Å². The van der Waals surface area contributed by atoms with Gasteiger partial charge in [0.1, 0.15) is 0 Å². The fraction of sp³-hybridized carbons (Fsp3) is 0.455. The molecule has 0 aliphatic rings. The molecule has 13 heavy (non-hydrogen) atoms. The minimum Gasteiger partial charge on any atom is -0.310 e. The Morgan fingerprint density at radius 3 is 2.62 bits per heavy atom. The van der Waals surface area contributed by atoms with Crippen LogP contribution in [0.3, 0.4) is 0 Å². The van der Waals surface area contributed by atoms with Crippen molar-refractivity contribution in [3.05, 3.63) is 35.9 Å². The zero-order valence-electron chi connectivity index (χ0n) is 8.03. The van der Waals surface area contributed by atoms with E-state index in [1.807, 2.05) is 6.07 Å². The molecule has 1 rings (SSSR count). The predicted molar refractivity (Wildman–Crippen MR) is 61.3 cm³/mol. The largest absolute Gasteiger partial charge is 0.310 e. The molecular formula is C11H17NS. The van der Waals surface area contributed by atoms with Crippen LogP contribution >= 0.6 is 12.6 Å². The van der Waals surface area contributed by atoms with E-state index >= 15 is 0 Å². The summed E-state index contributed by atoms with van der Waals surface area (Å²) in [5.41, 5.74) is 1.35. The van der Waals surface area contributed by atoms with Gasteiger partial charge in [0.05, 0.1) is 0 Å². The molecule has 0 radical (unpaired) electrons. The average molecular weight is 195 g/mol. The molecule has 1 unspecified atom stereocenters. The summed E-state index contributed by atoms with van der Waals surface area (Å²) in [6.07, 6.45) is 1.13. The van der Waals surface area contributed by atoms with Crippen molar-refractivity contribution in [2.45, 2.75) is 19.4 Å². The highest BCUT2D eigenvalue weighted by molar-refractivity contribution is 7.80. The van der Waals surface area contributed by atoms with Crippen molar-refractivity contribution >= 4 is 12.6 Å². The van der Waals surface area contributed by atoms with Gasteiger partial charge in [-0.1, -0.05) is 30.3 Å². The van der Waals surface area contributed by atoms with Gasteiger partial charge in [-0.25, -0.2) is 0 Å². The van der Waals surface area contributed by atoms with Crippen LogP contribution in [0.1, 0.15) is 24.9 Å². The second kappa shape index (κ2) is 6.06. The Kier molecular flexibility index (Phi) is 4.94. The van der Waals surface area contributed by atoms with E-state index in [1.165, 1.54) is 5.56 Å². The lowest BCUT2D eigenvalue weighted by Gasteiger charge is -2.13. The molecular weight excluding hydrogens is 178 g/mol. The van der Waals surface area contributed by atoms with E-state index in [0.717, 1.165) is 18.7 Å². The minimum atomic E-state index is 0.445. The molecule has 0 aliphatic heterocycles. The van der Waals surface area contributed by atoms with Crippen molar-refractivity contribution in [2.24, 2.45) is 0 Å². The van der Waals surface area contributed by atoms with Crippen LogP contribution < -0.4 is 5.32 Å². The second-order valence-electron chi connectivity index (χ2n) is 3.16. The lowest BCUT2D eigenvalue weighted by atomic mass is 10.1. The summed E-state index contributed by atoms with van der Waals surface area (Å²) in [7, 11) is 0.